The number of aliphatic carboxylic acids is 1. The van der Waals surface area contributed by atoms with E-state index in [2.05, 4.69) is 5.32 Å². The van der Waals surface area contributed by atoms with Crippen LogP contribution in [0.15, 0.2) is 24.3 Å². The highest BCUT2D eigenvalue weighted by Crippen LogP contribution is 2.15. The Hall–Kier alpha value is -2.41. The van der Waals surface area contributed by atoms with Crippen molar-refractivity contribution in [3.05, 3.63) is 29.8 Å². The second-order valence-electron chi connectivity index (χ2n) is 4.70. The zero-order valence-corrected chi connectivity index (χ0v) is 12.7. The maximum absolute atomic E-state index is 11.9. The Morgan fingerprint density at radius 1 is 1.32 bits per heavy atom. The van der Waals surface area contributed by atoms with Crippen LogP contribution in [0.25, 0.3) is 0 Å². The van der Waals surface area contributed by atoms with Gasteiger partial charge >= 0.3 is 5.97 Å². The molecular weight excluding hydrogens is 290 g/mol. The molecule has 0 aliphatic heterocycles. The van der Waals surface area contributed by atoms with Crippen molar-refractivity contribution in [2.24, 2.45) is 0 Å². The number of carboxylic acid groups (broad SMARTS) is 1. The van der Waals surface area contributed by atoms with Crippen molar-refractivity contribution < 1.29 is 29.0 Å². The molecule has 0 aromatic heterocycles. The number of benzene rings is 1. The maximum Gasteiger partial charge on any atom is 0.328 e. The van der Waals surface area contributed by atoms with E-state index in [1.807, 2.05) is 0 Å². The molecule has 120 valence electrons. The van der Waals surface area contributed by atoms with Crippen molar-refractivity contribution in [2.75, 3.05) is 13.7 Å². The summed E-state index contributed by atoms with van der Waals surface area (Å²) < 4.78 is 10.2. The minimum Gasteiger partial charge on any atom is -0.481 e. The van der Waals surface area contributed by atoms with Crippen LogP contribution < -0.4 is 10.1 Å². The minimum atomic E-state index is -1.19. The van der Waals surface area contributed by atoms with Crippen molar-refractivity contribution in [1.29, 1.82) is 0 Å². The maximum atomic E-state index is 11.9. The van der Waals surface area contributed by atoms with Gasteiger partial charge in [-0.2, -0.15) is 0 Å². The molecule has 0 bridgehead atoms. The van der Waals surface area contributed by atoms with Gasteiger partial charge in [0.15, 0.2) is 17.9 Å². The van der Waals surface area contributed by atoms with E-state index in [1.54, 1.807) is 18.2 Å². The van der Waals surface area contributed by atoms with E-state index >= 15 is 0 Å². The number of amides is 1. The lowest BCUT2D eigenvalue weighted by molar-refractivity contribution is -0.144. The summed E-state index contributed by atoms with van der Waals surface area (Å²) in [5, 5.41) is 11.3. The zero-order chi connectivity index (χ0) is 16.7. The molecule has 1 amide bonds. The molecule has 0 radical (unpaired) electrons. The fraction of sp³-hybridized carbons (Fsp3) is 0.400. The summed E-state index contributed by atoms with van der Waals surface area (Å²) in [6.07, 6.45) is -0.916. The summed E-state index contributed by atoms with van der Waals surface area (Å²) in [6, 6.07) is 5.27. The van der Waals surface area contributed by atoms with Crippen molar-refractivity contribution in [2.45, 2.75) is 26.0 Å². The molecule has 2 N–H and O–H groups in total. The molecule has 22 heavy (non-hydrogen) atoms. The Bertz CT molecular complexity index is 557. The molecule has 0 saturated heterocycles. The van der Waals surface area contributed by atoms with Crippen molar-refractivity contribution in [1.82, 2.24) is 5.32 Å². The van der Waals surface area contributed by atoms with Crippen LogP contribution in [0.3, 0.4) is 0 Å². The molecule has 1 rings (SSSR count). The van der Waals surface area contributed by atoms with Gasteiger partial charge in [-0.1, -0.05) is 12.1 Å². The van der Waals surface area contributed by atoms with Gasteiger partial charge < -0.3 is 19.9 Å². The first kappa shape index (κ1) is 17.6. The zero-order valence-electron chi connectivity index (χ0n) is 12.7. The Morgan fingerprint density at radius 3 is 2.55 bits per heavy atom. The minimum absolute atomic E-state index is 0.117. The second-order valence-corrected chi connectivity index (χ2v) is 4.70. The lowest BCUT2D eigenvalue weighted by atomic mass is 10.1. The van der Waals surface area contributed by atoms with Crippen LogP contribution in [-0.2, 0) is 14.3 Å². The van der Waals surface area contributed by atoms with E-state index in [4.69, 9.17) is 14.6 Å². The van der Waals surface area contributed by atoms with E-state index in [1.165, 1.54) is 27.0 Å². The van der Waals surface area contributed by atoms with Gasteiger partial charge in [-0.3, -0.25) is 9.59 Å². The monoisotopic (exact) mass is 309 g/mol. The molecule has 1 aromatic rings. The number of methoxy groups -OCH3 is 1. The molecule has 0 spiro atoms. The highest BCUT2D eigenvalue weighted by atomic mass is 16.5. The Kier molecular flexibility index (Phi) is 6.52. The summed E-state index contributed by atoms with van der Waals surface area (Å²) in [5.41, 5.74) is 0.466. The van der Waals surface area contributed by atoms with Gasteiger partial charge in [0.25, 0.3) is 5.91 Å². The molecule has 7 heteroatoms. The van der Waals surface area contributed by atoms with Crippen LogP contribution in [0.5, 0.6) is 5.75 Å². The van der Waals surface area contributed by atoms with Crippen LogP contribution in [0, 0.1) is 0 Å². The van der Waals surface area contributed by atoms with E-state index in [0.717, 1.165) is 0 Å². The summed E-state index contributed by atoms with van der Waals surface area (Å²) >= 11 is 0. The highest BCUT2D eigenvalue weighted by Gasteiger charge is 2.23. The molecule has 0 fully saturated rings. The van der Waals surface area contributed by atoms with Gasteiger partial charge in [-0.05, 0) is 26.0 Å². The molecule has 1 aromatic carbocycles. The van der Waals surface area contributed by atoms with Crippen LogP contribution in [-0.4, -0.2) is 48.6 Å². The van der Waals surface area contributed by atoms with Crippen molar-refractivity contribution in [3.63, 3.8) is 0 Å². The Labute approximate surface area is 128 Å². The standard InChI is InChI=1S/C15H19NO6/c1-9(17)11-5-4-6-12(7-11)22-10(2)14(18)16-13(8-21-3)15(19)20/h4-7,10,13H,8H2,1-3H3,(H,16,18)(H,19,20). The predicted octanol–water partition coefficient (Wildman–Crippen LogP) is 0.872. The van der Waals surface area contributed by atoms with Gasteiger partial charge in [0.2, 0.25) is 0 Å². The molecule has 0 aliphatic rings. The third-order valence-electron chi connectivity index (χ3n) is 2.87. The fourth-order valence-electron chi connectivity index (χ4n) is 1.68. The fourth-order valence-corrected chi connectivity index (χ4v) is 1.68. The lowest BCUT2D eigenvalue weighted by Crippen LogP contribution is -2.48. The topological polar surface area (TPSA) is 102 Å². The molecule has 0 saturated carbocycles. The average Bonchev–Trinajstić information content (AvgIpc) is 2.46. The van der Waals surface area contributed by atoms with Gasteiger partial charge in [-0.25, -0.2) is 4.79 Å². The van der Waals surface area contributed by atoms with E-state index < -0.39 is 24.0 Å². The van der Waals surface area contributed by atoms with Crippen molar-refractivity contribution >= 4 is 17.7 Å². The number of nitrogens with one attached hydrogen (secondary N) is 1. The molecule has 2 atom stereocenters. The van der Waals surface area contributed by atoms with Crippen LogP contribution >= 0.6 is 0 Å². The third-order valence-corrected chi connectivity index (χ3v) is 2.87. The number of hydrogen-bond donors (Lipinski definition) is 2. The van der Waals surface area contributed by atoms with Gasteiger partial charge in [-0.15, -0.1) is 0 Å². The average molecular weight is 309 g/mol. The first-order chi connectivity index (χ1) is 10.3. The second kappa shape index (κ2) is 8.14. The van der Waals surface area contributed by atoms with Gasteiger partial charge in [0, 0.05) is 12.7 Å². The third kappa shape index (κ3) is 5.17. The predicted molar refractivity (Wildman–Crippen MR) is 78.0 cm³/mol. The van der Waals surface area contributed by atoms with E-state index in [0.29, 0.717) is 11.3 Å². The molecule has 7 nitrogen and oxygen atoms in total. The summed E-state index contributed by atoms with van der Waals surface area (Å²) in [6.45, 7) is 2.77. The number of rotatable bonds is 8. The molecule has 0 heterocycles. The van der Waals surface area contributed by atoms with Crippen LogP contribution in [0.2, 0.25) is 0 Å². The summed E-state index contributed by atoms with van der Waals surface area (Å²) in [7, 11) is 1.34. The SMILES string of the molecule is COCC(NC(=O)C(C)Oc1cccc(C(C)=O)c1)C(=O)O. The summed E-state index contributed by atoms with van der Waals surface area (Å²) in [4.78, 5) is 34.2. The number of carboxylic acids is 1. The number of carbonyl (C=O) groups is 3. The Morgan fingerprint density at radius 2 is 2.00 bits per heavy atom. The number of ether oxygens (including phenoxy) is 2. The van der Waals surface area contributed by atoms with Crippen molar-refractivity contribution in [3.8, 4) is 5.75 Å². The smallest absolute Gasteiger partial charge is 0.328 e. The van der Waals surface area contributed by atoms with Gasteiger partial charge in [0.1, 0.15) is 5.75 Å². The molecule has 0 aliphatic carbocycles. The quantitative estimate of drug-likeness (QED) is 0.691. The normalized spacial score (nSPS) is 13.0. The first-order valence-electron chi connectivity index (χ1n) is 6.65. The van der Waals surface area contributed by atoms with Crippen LogP contribution in [0.4, 0.5) is 0 Å². The molecule has 2 unspecified atom stereocenters. The first-order valence-corrected chi connectivity index (χ1v) is 6.65. The van der Waals surface area contributed by atoms with E-state index in [9.17, 15) is 14.4 Å². The number of Topliss-reactive ketones (excluding diaryl/α,β-unsaturated/α-hetero) is 1. The highest BCUT2D eigenvalue weighted by molar-refractivity contribution is 5.94. The number of hydrogen-bond acceptors (Lipinski definition) is 5. The van der Waals surface area contributed by atoms with Crippen LogP contribution in [0.1, 0.15) is 24.2 Å². The molecular formula is C15H19NO6. The van der Waals surface area contributed by atoms with Gasteiger partial charge in [0.05, 0.1) is 6.61 Å². The van der Waals surface area contributed by atoms with E-state index in [-0.39, 0.29) is 12.4 Å². The number of ketones is 1. The largest absolute Gasteiger partial charge is 0.481 e. The lowest BCUT2D eigenvalue weighted by Gasteiger charge is -2.18. The Balaban J connectivity index is 2.69. The summed E-state index contributed by atoms with van der Waals surface area (Å²) in [5.74, 6) is -1.54. The number of carbonyl (C=O) groups excluding carboxylic acids is 2.